The van der Waals surface area contributed by atoms with Gasteiger partial charge < -0.3 is 4.42 Å². The van der Waals surface area contributed by atoms with Crippen LogP contribution in [-0.2, 0) is 12.8 Å². The van der Waals surface area contributed by atoms with Crippen LogP contribution in [0.2, 0.25) is 0 Å². The number of nitrogens with one attached hydrogen (secondary N) is 1. The Hall–Kier alpha value is -10.7. The molecule has 15 rings (SSSR count). The number of furan rings is 1. The van der Waals surface area contributed by atoms with Crippen molar-refractivity contribution in [3.63, 3.8) is 0 Å². The van der Waals surface area contributed by atoms with Gasteiger partial charge in [0.25, 0.3) is 0 Å². The Morgan fingerprint density at radius 1 is 0.306 bits per heavy atom. The minimum absolute atomic E-state index is 0.730. The fourth-order valence-corrected chi connectivity index (χ4v) is 9.21. The van der Waals surface area contributed by atoms with Gasteiger partial charge in [0.2, 0.25) is 5.71 Å². The van der Waals surface area contributed by atoms with Crippen LogP contribution in [0.5, 0.6) is 0 Å². The molecule has 1 aliphatic carbocycles. The van der Waals surface area contributed by atoms with E-state index in [1.54, 1.807) is 24.9 Å². The van der Waals surface area contributed by atoms with Crippen LogP contribution in [0, 0.1) is 138 Å². The normalized spacial score (nSPS) is 10.7. The third-order valence-electron chi connectivity index (χ3n) is 16.9. The van der Waals surface area contributed by atoms with Crippen molar-refractivity contribution in [3.05, 3.63) is 301 Å². The van der Waals surface area contributed by atoms with Crippen molar-refractivity contribution in [3.8, 4) is 0 Å². The average molecular weight is 1310 g/mol. The highest BCUT2D eigenvalue weighted by molar-refractivity contribution is 5.79. The smallest absolute Gasteiger partial charge is 0.226 e. The molecular formula is C83H98N14O. The number of fused-ring (bicyclic) bond motifs is 5. The van der Waals surface area contributed by atoms with Gasteiger partial charge in [0, 0.05) is 106 Å². The third kappa shape index (κ3) is 24.5. The monoisotopic (exact) mass is 1310 g/mol. The van der Waals surface area contributed by atoms with Crippen molar-refractivity contribution in [1.82, 2.24) is 70.0 Å². The van der Waals surface area contributed by atoms with Gasteiger partial charge in [-0.25, -0.2) is 19.9 Å². The molecule has 1 N–H and O–H groups in total. The SMILES string of the molecule is Cc1cc2c(nc1C)CCCC2.Cc1cc2ccccc2nc1C.Cc1cc2ccoc2nc1C.Cc1cc2cn[nH]c2nc1C.Cc1cccnc1C.Cc1cccnc1C.Cc1ccncc1C.Cc1ccncc1C.Cc1nc2ccccc2nc1C.Cc1nccnc1C. The van der Waals surface area contributed by atoms with Crippen molar-refractivity contribution in [1.29, 1.82) is 0 Å². The van der Waals surface area contributed by atoms with Crippen molar-refractivity contribution < 1.29 is 4.42 Å². The van der Waals surface area contributed by atoms with E-state index in [0.717, 1.165) is 89.9 Å². The van der Waals surface area contributed by atoms with Crippen LogP contribution < -0.4 is 0 Å². The summed E-state index contributed by atoms with van der Waals surface area (Å²) >= 11 is 0. The van der Waals surface area contributed by atoms with Gasteiger partial charge in [0.05, 0.1) is 51.8 Å². The number of aromatic amines is 1. The van der Waals surface area contributed by atoms with E-state index in [0.29, 0.717) is 0 Å². The maximum Gasteiger partial charge on any atom is 0.226 e. The van der Waals surface area contributed by atoms with Gasteiger partial charge in [-0.15, -0.1) is 0 Å². The molecule has 0 saturated heterocycles. The van der Waals surface area contributed by atoms with E-state index in [9.17, 15) is 0 Å². The molecule has 0 bridgehead atoms. The number of hydrogen-bond acceptors (Lipinski definition) is 14. The number of aryl methyl sites for hydroxylation is 22. The molecule has 14 aromatic rings. The fraction of sp³-hybridized carbons (Fsp3) is 0.289. The molecule has 0 spiro atoms. The van der Waals surface area contributed by atoms with Gasteiger partial charge in [-0.3, -0.25) is 45.0 Å². The molecule has 12 aromatic heterocycles. The number of rotatable bonds is 0. The maximum absolute atomic E-state index is 5.14. The lowest BCUT2D eigenvalue weighted by molar-refractivity contribution is 0.602. The van der Waals surface area contributed by atoms with Gasteiger partial charge in [0.15, 0.2) is 5.65 Å². The molecule has 506 valence electrons. The summed E-state index contributed by atoms with van der Waals surface area (Å²) in [5.74, 6) is 0. The lowest BCUT2D eigenvalue weighted by Gasteiger charge is -2.16. The topological polar surface area (TPSA) is 196 Å². The van der Waals surface area contributed by atoms with Crippen molar-refractivity contribution in [2.45, 2.75) is 164 Å². The van der Waals surface area contributed by atoms with Gasteiger partial charge in [-0.1, -0.05) is 48.5 Å². The lowest BCUT2D eigenvalue weighted by Crippen LogP contribution is -2.07. The number of para-hydroxylation sites is 3. The number of hydrogen-bond donors (Lipinski definition) is 1. The van der Waals surface area contributed by atoms with Crippen LogP contribution in [0.25, 0.3) is 44.1 Å². The number of aromatic nitrogens is 14. The molecule has 0 aliphatic heterocycles. The summed E-state index contributed by atoms with van der Waals surface area (Å²) in [6.45, 7) is 40.7. The Morgan fingerprint density at radius 3 is 1.24 bits per heavy atom. The predicted molar refractivity (Wildman–Crippen MR) is 404 cm³/mol. The molecule has 0 atom stereocenters. The quantitative estimate of drug-likeness (QED) is 0.150. The average Bonchev–Trinajstić information content (AvgIpc) is 0.992. The summed E-state index contributed by atoms with van der Waals surface area (Å²) in [5.41, 5.74) is 30.8. The Morgan fingerprint density at radius 2 is 0.755 bits per heavy atom. The second-order valence-electron chi connectivity index (χ2n) is 24.5. The molecule has 12 heterocycles. The highest BCUT2D eigenvalue weighted by atomic mass is 16.3. The zero-order valence-electron chi connectivity index (χ0n) is 61.3. The zero-order chi connectivity index (χ0) is 71.3. The predicted octanol–water partition coefficient (Wildman–Crippen LogP) is 19.6. The molecule has 0 saturated carbocycles. The van der Waals surface area contributed by atoms with E-state index < -0.39 is 0 Å². The highest BCUT2D eigenvalue weighted by Gasteiger charge is 2.11. The Balaban J connectivity index is 0.000000173. The highest BCUT2D eigenvalue weighted by Crippen LogP contribution is 2.22. The summed E-state index contributed by atoms with van der Waals surface area (Å²) in [5, 5.41) is 10.1. The van der Waals surface area contributed by atoms with E-state index in [-0.39, 0.29) is 0 Å². The molecule has 98 heavy (non-hydrogen) atoms. The Labute approximate surface area is 580 Å². The van der Waals surface area contributed by atoms with E-state index in [4.69, 9.17) is 4.42 Å². The number of pyridine rings is 8. The van der Waals surface area contributed by atoms with E-state index in [1.807, 2.05) is 172 Å². The van der Waals surface area contributed by atoms with Gasteiger partial charge in [-0.05, 0) is 292 Å². The first-order chi connectivity index (χ1) is 46.9. The van der Waals surface area contributed by atoms with E-state index in [2.05, 4.69) is 189 Å². The van der Waals surface area contributed by atoms with Crippen molar-refractivity contribution >= 4 is 44.1 Å². The van der Waals surface area contributed by atoms with Gasteiger partial charge in [-0.2, -0.15) is 5.10 Å². The summed E-state index contributed by atoms with van der Waals surface area (Å²) in [6, 6.07) is 38.7. The third-order valence-corrected chi connectivity index (χ3v) is 16.9. The largest absolute Gasteiger partial charge is 0.446 e. The molecule has 15 nitrogen and oxygen atoms in total. The Kier molecular flexibility index (Phi) is 30.2. The van der Waals surface area contributed by atoms with E-state index >= 15 is 0 Å². The van der Waals surface area contributed by atoms with Gasteiger partial charge in [0.1, 0.15) is 0 Å². The summed E-state index contributed by atoms with van der Waals surface area (Å²) < 4.78 is 5.14. The maximum atomic E-state index is 5.14. The fourth-order valence-electron chi connectivity index (χ4n) is 9.21. The first kappa shape index (κ1) is 76.3. The zero-order valence-corrected chi connectivity index (χ0v) is 61.3. The van der Waals surface area contributed by atoms with Crippen LogP contribution in [-0.4, -0.2) is 70.0 Å². The molecule has 0 fully saturated rings. The van der Waals surface area contributed by atoms with Crippen LogP contribution in [0.3, 0.4) is 0 Å². The number of nitrogens with zero attached hydrogens (tertiary/aromatic N) is 13. The second kappa shape index (κ2) is 38.8. The van der Waals surface area contributed by atoms with Crippen LogP contribution in [0.4, 0.5) is 0 Å². The molecule has 1 aliphatic rings. The van der Waals surface area contributed by atoms with Gasteiger partial charge >= 0.3 is 0 Å². The van der Waals surface area contributed by atoms with E-state index in [1.165, 1.54) is 104 Å². The number of benzene rings is 2. The first-order valence-electron chi connectivity index (χ1n) is 33.2. The standard InChI is InChI=1S/C11H15N.C11H11N.C10H10N2.C9H9NO.C8H9N3.4C7H9N.C6H8N2/c2*1-8-7-10-5-3-4-6-11(10)12-9(8)2;1-7-8(2)12-10-6-4-3-5-9(10)11-7;1-6-5-8-3-4-11-9(8)10-7(6)2;1-5-3-7-4-9-11-8(7)10-6(5)2;2*1-6-3-4-8-5-7(6)2;2*1-6-4-3-5-8-7(6)2;1-5-6(2)8-4-3-7-5/h7H,3-6H2,1-2H3;3-7H,1-2H3;3-6H,1-2H3;3-5H,1-2H3;3-4H,1-2H3,(H,9,10,11);4*3-5H,1-2H3;3-4H,1-2H3. The van der Waals surface area contributed by atoms with Crippen LogP contribution in [0.1, 0.15) is 137 Å². The number of H-pyrrole nitrogens is 1. The first-order valence-corrected chi connectivity index (χ1v) is 33.2. The molecule has 15 heteroatoms. The van der Waals surface area contributed by atoms with Crippen molar-refractivity contribution in [2.24, 2.45) is 0 Å². The molecule has 2 aromatic carbocycles. The minimum Gasteiger partial charge on any atom is -0.446 e. The Bertz CT molecular complexity index is 4100. The van der Waals surface area contributed by atoms with Crippen LogP contribution in [0.15, 0.2) is 182 Å². The summed E-state index contributed by atoms with van der Waals surface area (Å²) in [4.78, 5) is 50.6. The molecular weight excluding hydrogens is 1210 g/mol. The van der Waals surface area contributed by atoms with Crippen LogP contribution >= 0.6 is 0 Å². The summed E-state index contributed by atoms with van der Waals surface area (Å²) in [6.07, 6.45) is 22.9. The second-order valence-corrected chi connectivity index (χ2v) is 24.5. The summed E-state index contributed by atoms with van der Waals surface area (Å²) in [7, 11) is 0. The van der Waals surface area contributed by atoms with Crippen molar-refractivity contribution in [2.75, 3.05) is 0 Å². The minimum atomic E-state index is 0.730. The molecule has 0 amide bonds. The lowest BCUT2D eigenvalue weighted by atomic mass is 9.94. The molecule has 0 unspecified atom stereocenters. The molecule has 0 radical (unpaired) electrons.